The molecular weight excluding hydrogens is 405 g/mol. The summed E-state index contributed by atoms with van der Waals surface area (Å²) in [5.41, 5.74) is 2.54. The number of anilines is 3. The van der Waals surface area contributed by atoms with Gasteiger partial charge in [-0.15, -0.1) is 0 Å². The lowest BCUT2D eigenvalue weighted by atomic mass is 10.1. The van der Waals surface area contributed by atoms with Crippen molar-refractivity contribution in [1.82, 2.24) is 4.98 Å². The van der Waals surface area contributed by atoms with Gasteiger partial charge in [0.05, 0.1) is 23.3 Å². The summed E-state index contributed by atoms with van der Waals surface area (Å²) in [7, 11) is -3.54. The van der Waals surface area contributed by atoms with Crippen LogP contribution in [-0.2, 0) is 21.1 Å². The van der Waals surface area contributed by atoms with E-state index < -0.39 is 21.5 Å². The molecule has 0 aliphatic rings. The number of benzene rings is 2. The van der Waals surface area contributed by atoms with Gasteiger partial charge in [0.25, 0.3) is 0 Å². The normalized spacial score (nSPS) is 11.1. The van der Waals surface area contributed by atoms with Gasteiger partial charge in [-0.3, -0.25) is 9.78 Å². The number of sulfone groups is 1. The molecule has 0 unspecified atom stereocenters. The molecular formula is C22H22FN3O3S. The fraction of sp³-hybridized carbons (Fsp3) is 0.182. The van der Waals surface area contributed by atoms with Gasteiger partial charge in [-0.25, -0.2) is 12.8 Å². The summed E-state index contributed by atoms with van der Waals surface area (Å²) in [5.74, 6) is -1.67. The molecule has 0 saturated carbocycles. The van der Waals surface area contributed by atoms with Crippen molar-refractivity contribution in [3.63, 3.8) is 0 Å². The Hall–Kier alpha value is -3.26. The van der Waals surface area contributed by atoms with Gasteiger partial charge in [0.2, 0.25) is 5.91 Å². The maximum atomic E-state index is 13.1. The third-order valence-electron chi connectivity index (χ3n) is 4.33. The van der Waals surface area contributed by atoms with Gasteiger partial charge in [-0.05, 0) is 48.7 Å². The Morgan fingerprint density at radius 3 is 2.43 bits per heavy atom. The molecule has 1 aromatic heterocycles. The molecule has 2 aromatic carbocycles. The molecule has 3 aromatic rings. The van der Waals surface area contributed by atoms with E-state index in [1.54, 1.807) is 18.2 Å². The molecule has 8 heteroatoms. The van der Waals surface area contributed by atoms with E-state index in [0.717, 1.165) is 5.56 Å². The average Bonchev–Trinajstić information content (AvgIpc) is 2.71. The van der Waals surface area contributed by atoms with Gasteiger partial charge < -0.3 is 10.6 Å². The van der Waals surface area contributed by atoms with Crippen molar-refractivity contribution in [3.8, 4) is 0 Å². The van der Waals surface area contributed by atoms with E-state index in [4.69, 9.17) is 0 Å². The van der Waals surface area contributed by atoms with Gasteiger partial charge in [0.15, 0.2) is 9.84 Å². The van der Waals surface area contributed by atoms with Gasteiger partial charge in [-0.1, -0.05) is 30.3 Å². The fourth-order valence-corrected chi connectivity index (χ4v) is 4.09. The average molecular weight is 428 g/mol. The molecule has 1 heterocycles. The maximum Gasteiger partial charge on any atom is 0.239 e. The molecule has 6 nitrogen and oxygen atoms in total. The number of carbonyl (C=O) groups is 1. The highest BCUT2D eigenvalue weighted by molar-refractivity contribution is 7.92. The highest BCUT2D eigenvalue weighted by Gasteiger charge is 2.18. The molecule has 2 N–H and O–H groups in total. The van der Waals surface area contributed by atoms with E-state index in [1.165, 1.54) is 24.5 Å². The van der Waals surface area contributed by atoms with Crippen LogP contribution < -0.4 is 10.6 Å². The van der Waals surface area contributed by atoms with Crippen LogP contribution in [0.1, 0.15) is 12.0 Å². The first-order valence-corrected chi connectivity index (χ1v) is 11.2. The SMILES string of the molecule is O=C(CS(=O)(=O)CCCc1ccccc1)Nc1cnccc1Nc1ccc(F)cc1. The summed E-state index contributed by atoms with van der Waals surface area (Å²) in [4.78, 5) is 16.3. The highest BCUT2D eigenvalue weighted by Crippen LogP contribution is 2.24. The molecule has 0 saturated heterocycles. The Labute approximate surface area is 175 Å². The van der Waals surface area contributed by atoms with E-state index >= 15 is 0 Å². The van der Waals surface area contributed by atoms with E-state index in [0.29, 0.717) is 29.9 Å². The third-order valence-corrected chi connectivity index (χ3v) is 5.95. The molecule has 1 amide bonds. The lowest BCUT2D eigenvalue weighted by Gasteiger charge is -2.13. The zero-order valence-electron chi connectivity index (χ0n) is 16.2. The number of aryl methyl sites for hydroxylation is 1. The summed E-state index contributed by atoms with van der Waals surface area (Å²) < 4.78 is 37.7. The smallest absolute Gasteiger partial charge is 0.239 e. The van der Waals surface area contributed by atoms with Crippen LogP contribution in [0.4, 0.5) is 21.5 Å². The maximum absolute atomic E-state index is 13.1. The van der Waals surface area contributed by atoms with Gasteiger partial charge in [0.1, 0.15) is 11.6 Å². The number of nitrogens with zero attached hydrogens (tertiary/aromatic N) is 1. The predicted molar refractivity (Wildman–Crippen MR) is 116 cm³/mol. The number of rotatable bonds is 9. The monoisotopic (exact) mass is 427 g/mol. The topological polar surface area (TPSA) is 88.2 Å². The second-order valence-electron chi connectivity index (χ2n) is 6.78. The summed E-state index contributed by atoms with van der Waals surface area (Å²) >= 11 is 0. The van der Waals surface area contributed by atoms with Crippen molar-refractivity contribution in [2.75, 3.05) is 22.1 Å². The van der Waals surface area contributed by atoms with E-state index in [9.17, 15) is 17.6 Å². The Kier molecular flexibility index (Phi) is 7.13. The van der Waals surface area contributed by atoms with Crippen LogP contribution in [0, 0.1) is 5.82 Å². The first kappa shape index (κ1) is 21.4. The second kappa shape index (κ2) is 9.98. The molecule has 0 atom stereocenters. The van der Waals surface area contributed by atoms with Crippen molar-refractivity contribution in [2.45, 2.75) is 12.8 Å². The zero-order chi connectivity index (χ0) is 21.4. The fourth-order valence-electron chi connectivity index (χ4n) is 2.89. The Balaban J connectivity index is 1.57. The zero-order valence-corrected chi connectivity index (χ0v) is 17.0. The minimum Gasteiger partial charge on any atom is -0.354 e. The summed E-state index contributed by atoms with van der Waals surface area (Å²) in [6.45, 7) is 0. The van der Waals surface area contributed by atoms with Crippen molar-refractivity contribution in [1.29, 1.82) is 0 Å². The summed E-state index contributed by atoms with van der Waals surface area (Å²) in [6, 6.07) is 17.0. The van der Waals surface area contributed by atoms with Crippen LogP contribution in [0.15, 0.2) is 73.1 Å². The quantitative estimate of drug-likeness (QED) is 0.540. The molecule has 0 aliphatic heterocycles. The molecule has 3 rings (SSSR count). The van der Waals surface area contributed by atoms with Crippen molar-refractivity contribution in [3.05, 3.63) is 84.4 Å². The number of aromatic nitrogens is 1. The van der Waals surface area contributed by atoms with Crippen LogP contribution in [0.25, 0.3) is 0 Å². The van der Waals surface area contributed by atoms with E-state index in [2.05, 4.69) is 15.6 Å². The number of hydrogen-bond acceptors (Lipinski definition) is 5. The summed E-state index contributed by atoms with van der Waals surface area (Å²) in [5, 5.41) is 5.64. The Morgan fingerprint density at radius 2 is 1.70 bits per heavy atom. The number of carbonyl (C=O) groups excluding carboxylic acids is 1. The molecule has 0 aliphatic carbocycles. The van der Waals surface area contributed by atoms with Crippen LogP contribution in [-0.4, -0.2) is 30.8 Å². The molecule has 0 radical (unpaired) electrons. The number of amides is 1. The van der Waals surface area contributed by atoms with Crippen molar-refractivity contribution >= 4 is 32.8 Å². The van der Waals surface area contributed by atoms with Crippen LogP contribution in [0.3, 0.4) is 0 Å². The Bertz CT molecular complexity index is 1090. The van der Waals surface area contributed by atoms with Crippen LogP contribution >= 0.6 is 0 Å². The van der Waals surface area contributed by atoms with Gasteiger partial charge in [-0.2, -0.15) is 0 Å². The standard InChI is InChI=1S/C22H22FN3O3S/c23-18-8-10-19(11-9-18)25-20-12-13-24-15-21(20)26-22(27)16-30(28,29)14-4-7-17-5-2-1-3-6-17/h1-3,5-6,8-13,15H,4,7,14,16H2,(H,24,25)(H,26,27). The minimum absolute atomic E-state index is 0.0664. The third kappa shape index (κ3) is 6.66. The molecule has 30 heavy (non-hydrogen) atoms. The molecule has 0 spiro atoms. The lowest BCUT2D eigenvalue weighted by molar-refractivity contribution is -0.113. The minimum atomic E-state index is -3.54. The predicted octanol–water partition coefficient (Wildman–Crippen LogP) is 3.95. The number of nitrogens with one attached hydrogen (secondary N) is 2. The molecule has 156 valence electrons. The summed E-state index contributed by atoms with van der Waals surface area (Å²) in [6.07, 6.45) is 4.04. The lowest BCUT2D eigenvalue weighted by Crippen LogP contribution is -2.25. The van der Waals surface area contributed by atoms with Crippen LogP contribution in [0.5, 0.6) is 0 Å². The second-order valence-corrected chi connectivity index (χ2v) is 8.97. The number of hydrogen-bond donors (Lipinski definition) is 2. The van der Waals surface area contributed by atoms with Gasteiger partial charge >= 0.3 is 0 Å². The first-order valence-electron chi connectivity index (χ1n) is 9.42. The Morgan fingerprint density at radius 1 is 0.967 bits per heavy atom. The highest BCUT2D eigenvalue weighted by atomic mass is 32.2. The molecule has 0 bridgehead atoms. The molecule has 0 fully saturated rings. The van der Waals surface area contributed by atoms with Crippen molar-refractivity contribution in [2.24, 2.45) is 0 Å². The largest absolute Gasteiger partial charge is 0.354 e. The van der Waals surface area contributed by atoms with Crippen molar-refractivity contribution < 1.29 is 17.6 Å². The number of halogens is 1. The number of pyridine rings is 1. The van der Waals surface area contributed by atoms with E-state index in [1.807, 2.05) is 30.3 Å². The van der Waals surface area contributed by atoms with E-state index in [-0.39, 0.29) is 11.6 Å². The van der Waals surface area contributed by atoms with Crippen LogP contribution in [0.2, 0.25) is 0 Å². The van der Waals surface area contributed by atoms with Gasteiger partial charge in [0, 0.05) is 11.9 Å². The first-order chi connectivity index (χ1) is 14.4.